The normalized spacial score (nSPS) is 30.5. The van der Waals surface area contributed by atoms with E-state index in [9.17, 15) is 8.42 Å². The van der Waals surface area contributed by atoms with Gasteiger partial charge in [0.05, 0.1) is 12.2 Å². The summed E-state index contributed by atoms with van der Waals surface area (Å²) in [5.41, 5.74) is 0. The van der Waals surface area contributed by atoms with Crippen molar-refractivity contribution < 1.29 is 13.2 Å². The zero-order chi connectivity index (χ0) is 14.6. The van der Waals surface area contributed by atoms with Crippen LogP contribution < -0.4 is 4.72 Å². The molecule has 0 aromatic heterocycles. The van der Waals surface area contributed by atoms with E-state index in [1.165, 1.54) is 23.6 Å². The Morgan fingerprint density at radius 2 is 1.70 bits per heavy atom. The van der Waals surface area contributed by atoms with Crippen LogP contribution in [0, 0.1) is 0 Å². The van der Waals surface area contributed by atoms with Gasteiger partial charge in [-0.15, -0.1) is 0 Å². The highest BCUT2D eigenvalue weighted by atomic mass is 32.2. The van der Waals surface area contributed by atoms with Crippen LogP contribution >= 0.6 is 0 Å². The number of ether oxygens (including phenoxy) is 1. The quantitative estimate of drug-likeness (QED) is 0.799. The topological polar surface area (TPSA) is 61.9 Å². The molecule has 2 unspecified atom stereocenters. The molecule has 2 aliphatic rings. The van der Waals surface area contributed by atoms with E-state index in [4.69, 9.17) is 4.74 Å². The lowest BCUT2D eigenvalue weighted by Crippen LogP contribution is -2.52. The molecule has 6 nitrogen and oxygen atoms in total. The van der Waals surface area contributed by atoms with Crippen LogP contribution in [0.3, 0.4) is 0 Å². The lowest BCUT2D eigenvalue weighted by molar-refractivity contribution is -0.0443. The molecule has 1 N–H and O–H groups in total. The molecule has 2 rings (SSSR count). The molecule has 0 radical (unpaired) electrons. The Morgan fingerprint density at radius 3 is 2.30 bits per heavy atom. The van der Waals surface area contributed by atoms with E-state index < -0.39 is 10.2 Å². The van der Waals surface area contributed by atoms with Crippen molar-refractivity contribution in [3.63, 3.8) is 0 Å². The summed E-state index contributed by atoms with van der Waals surface area (Å²) in [6.07, 6.45) is 3.66. The fourth-order valence-corrected chi connectivity index (χ4v) is 4.28. The average molecular weight is 305 g/mol. The van der Waals surface area contributed by atoms with Crippen molar-refractivity contribution in [3.05, 3.63) is 0 Å². The molecule has 0 spiro atoms. The summed E-state index contributed by atoms with van der Waals surface area (Å²) in [6.45, 7) is 8.16. The molecule has 2 aliphatic heterocycles. The number of hydrogen-bond donors (Lipinski definition) is 1. The summed E-state index contributed by atoms with van der Waals surface area (Å²) in [5.74, 6) is 0. The van der Waals surface area contributed by atoms with Crippen molar-refractivity contribution in [2.45, 2.75) is 45.3 Å². The molecule has 0 amide bonds. The molecule has 0 saturated carbocycles. The van der Waals surface area contributed by atoms with Crippen molar-refractivity contribution in [1.29, 1.82) is 0 Å². The number of hydrogen-bond acceptors (Lipinski definition) is 4. The molecule has 20 heavy (non-hydrogen) atoms. The van der Waals surface area contributed by atoms with Crippen molar-refractivity contribution in [2.75, 3.05) is 39.3 Å². The first kappa shape index (κ1) is 16.2. The second-order valence-electron chi connectivity index (χ2n) is 5.88. The third-order valence-electron chi connectivity index (χ3n) is 3.89. The standard InChI is InChI=1S/C13H27N3O3S/c1-12-10-16(11-13(2)19-12)20(17,18)14-6-9-15-7-4-3-5-8-15/h12-14H,3-11H2,1-2H3. The zero-order valence-electron chi connectivity index (χ0n) is 12.5. The molecular weight excluding hydrogens is 278 g/mol. The molecule has 2 atom stereocenters. The van der Waals surface area contributed by atoms with Crippen LogP contribution in [0.1, 0.15) is 33.1 Å². The molecule has 0 aromatic rings. The summed E-state index contributed by atoms with van der Waals surface area (Å²) in [4.78, 5) is 2.33. The van der Waals surface area contributed by atoms with Gasteiger partial charge in [-0.1, -0.05) is 6.42 Å². The third-order valence-corrected chi connectivity index (χ3v) is 5.43. The molecule has 7 heteroatoms. The Labute approximate surface area is 122 Å². The Kier molecular flexibility index (Phi) is 5.80. The van der Waals surface area contributed by atoms with Crippen molar-refractivity contribution in [2.24, 2.45) is 0 Å². The average Bonchev–Trinajstić information content (AvgIpc) is 2.38. The Bertz CT molecular complexity index is 386. The monoisotopic (exact) mass is 305 g/mol. The van der Waals surface area contributed by atoms with Gasteiger partial charge in [0.25, 0.3) is 10.2 Å². The second kappa shape index (κ2) is 7.17. The van der Waals surface area contributed by atoms with Crippen LogP contribution in [-0.2, 0) is 14.9 Å². The predicted octanol–water partition coefficient (Wildman–Crippen LogP) is 0.416. The summed E-state index contributed by atoms with van der Waals surface area (Å²) >= 11 is 0. The zero-order valence-corrected chi connectivity index (χ0v) is 13.4. The minimum Gasteiger partial charge on any atom is -0.373 e. The minimum atomic E-state index is -3.37. The fraction of sp³-hybridized carbons (Fsp3) is 1.00. The van der Waals surface area contributed by atoms with E-state index in [1.54, 1.807) is 0 Å². The molecule has 0 bridgehead atoms. The van der Waals surface area contributed by atoms with Gasteiger partial charge in [-0.3, -0.25) is 0 Å². The third kappa shape index (κ3) is 4.66. The van der Waals surface area contributed by atoms with Gasteiger partial charge in [0.2, 0.25) is 0 Å². The second-order valence-corrected chi connectivity index (χ2v) is 7.63. The van der Waals surface area contributed by atoms with Gasteiger partial charge in [0.15, 0.2) is 0 Å². The van der Waals surface area contributed by atoms with E-state index >= 15 is 0 Å². The molecule has 2 saturated heterocycles. The van der Waals surface area contributed by atoms with Crippen molar-refractivity contribution >= 4 is 10.2 Å². The maximum atomic E-state index is 12.3. The summed E-state index contributed by atoms with van der Waals surface area (Å²) in [7, 11) is -3.37. The van der Waals surface area contributed by atoms with Gasteiger partial charge in [-0.05, 0) is 39.8 Å². The maximum absolute atomic E-state index is 12.3. The van der Waals surface area contributed by atoms with E-state index in [-0.39, 0.29) is 12.2 Å². The van der Waals surface area contributed by atoms with Crippen LogP contribution in [0.5, 0.6) is 0 Å². The number of nitrogens with one attached hydrogen (secondary N) is 1. The van der Waals surface area contributed by atoms with Crippen LogP contribution in [-0.4, -0.2) is 69.1 Å². The molecular formula is C13H27N3O3S. The first-order valence-corrected chi connectivity index (χ1v) is 9.04. The van der Waals surface area contributed by atoms with Gasteiger partial charge in [-0.25, -0.2) is 4.72 Å². The van der Waals surface area contributed by atoms with Crippen LogP contribution in [0.4, 0.5) is 0 Å². The fourth-order valence-electron chi connectivity index (χ4n) is 2.93. The highest BCUT2D eigenvalue weighted by molar-refractivity contribution is 7.87. The first-order chi connectivity index (χ1) is 9.47. The molecule has 0 aliphatic carbocycles. The molecule has 2 heterocycles. The van der Waals surface area contributed by atoms with E-state index in [0.29, 0.717) is 19.6 Å². The van der Waals surface area contributed by atoms with E-state index in [1.807, 2.05) is 13.8 Å². The largest absolute Gasteiger partial charge is 0.373 e. The van der Waals surface area contributed by atoms with Gasteiger partial charge in [0.1, 0.15) is 0 Å². The molecule has 2 fully saturated rings. The summed E-state index contributed by atoms with van der Waals surface area (Å²) in [6, 6.07) is 0. The maximum Gasteiger partial charge on any atom is 0.279 e. The highest BCUT2D eigenvalue weighted by Crippen LogP contribution is 2.13. The number of rotatable bonds is 5. The highest BCUT2D eigenvalue weighted by Gasteiger charge is 2.30. The number of likely N-dealkylation sites (tertiary alicyclic amines) is 1. The summed E-state index contributed by atoms with van der Waals surface area (Å²) < 4.78 is 34.3. The first-order valence-electron chi connectivity index (χ1n) is 7.60. The van der Waals surface area contributed by atoms with Crippen LogP contribution in [0.25, 0.3) is 0 Å². The number of piperidine rings is 1. The number of nitrogens with zero attached hydrogens (tertiary/aromatic N) is 2. The van der Waals surface area contributed by atoms with E-state index in [0.717, 1.165) is 19.6 Å². The van der Waals surface area contributed by atoms with Crippen LogP contribution in [0.15, 0.2) is 0 Å². The van der Waals surface area contributed by atoms with E-state index in [2.05, 4.69) is 9.62 Å². The van der Waals surface area contributed by atoms with Gasteiger partial charge in [0, 0.05) is 26.2 Å². The SMILES string of the molecule is CC1CN(S(=O)(=O)NCCN2CCCCC2)CC(C)O1. The molecule has 0 aromatic carbocycles. The van der Waals surface area contributed by atoms with Crippen molar-refractivity contribution in [1.82, 2.24) is 13.9 Å². The Hall–Kier alpha value is -0.210. The van der Waals surface area contributed by atoms with Gasteiger partial charge >= 0.3 is 0 Å². The number of morpholine rings is 1. The van der Waals surface area contributed by atoms with Gasteiger partial charge < -0.3 is 9.64 Å². The lowest BCUT2D eigenvalue weighted by atomic mass is 10.1. The summed E-state index contributed by atoms with van der Waals surface area (Å²) in [5, 5.41) is 0. The minimum absolute atomic E-state index is 0.0441. The van der Waals surface area contributed by atoms with Gasteiger partial charge in [-0.2, -0.15) is 12.7 Å². The Morgan fingerprint density at radius 1 is 1.10 bits per heavy atom. The lowest BCUT2D eigenvalue weighted by Gasteiger charge is -2.34. The molecule has 118 valence electrons. The van der Waals surface area contributed by atoms with Crippen LogP contribution in [0.2, 0.25) is 0 Å². The Balaban J connectivity index is 1.78. The predicted molar refractivity (Wildman–Crippen MR) is 78.8 cm³/mol. The van der Waals surface area contributed by atoms with Crippen molar-refractivity contribution in [3.8, 4) is 0 Å². The smallest absolute Gasteiger partial charge is 0.279 e.